The predicted molar refractivity (Wildman–Crippen MR) is 51.0 cm³/mol. The molecule has 2 fully saturated rings. The van der Waals surface area contributed by atoms with Crippen molar-refractivity contribution in [3.8, 4) is 0 Å². The maximum atomic E-state index is 6.04. The SMILES string of the molecule is CC1CCN(C2CCC2)CC1N. The van der Waals surface area contributed by atoms with Gasteiger partial charge in [0.25, 0.3) is 0 Å². The van der Waals surface area contributed by atoms with Crippen LogP contribution in [0.1, 0.15) is 32.6 Å². The number of hydrogen-bond acceptors (Lipinski definition) is 2. The van der Waals surface area contributed by atoms with E-state index in [9.17, 15) is 0 Å². The van der Waals surface area contributed by atoms with Crippen LogP contribution in [0.25, 0.3) is 0 Å². The van der Waals surface area contributed by atoms with Gasteiger partial charge in [0.05, 0.1) is 0 Å². The van der Waals surface area contributed by atoms with Crippen LogP contribution in [0.2, 0.25) is 0 Å². The van der Waals surface area contributed by atoms with E-state index in [1.165, 1.54) is 32.2 Å². The molecule has 2 heteroatoms. The largest absolute Gasteiger partial charge is 0.326 e. The summed E-state index contributed by atoms with van der Waals surface area (Å²) in [5, 5.41) is 0. The lowest BCUT2D eigenvalue weighted by atomic mass is 9.87. The first-order valence-corrected chi connectivity index (χ1v) is 5.27. The summed E-state index contributed by atoms with van der Waals surface area (Å²) in [4.78, 5) is 2.61. The number of likely N-dealkylation sites (tertiary alicyclic amines) is 1. The fraction of sp³-hybridized carbons (Fsp3) is 1.00. The smallest absolute Gasteiger partial charge is 0.0194 e. The Balaban J connectivity index is 1.84. The highest BCUT2D eigenvalue weighted by atomic mass is 15.2. The van der Waals surface area contributed by atoms with E-state index in [1.54, 1.807) is 0 Å². The molecule has 2 rings (SSSR count). The zero-order valence-electron chi connectivity index (χ0n) is 8.00. The molecule has 0 spiro atoms. The van der Waals surface area contributed by atoms with Crippen molar-refractivity contribution >= 4 is 0 Å². The Hall–Kier alpha value is -0.0800. The van der Waals surface area contributed by atoms with Gasteiger partial charge in [-0.3, -0.25) is 4.90 Å². The molecule has 0 aromatic heterocycles. The normalized spacial score (nSPS) is 39.5. The third-order valence-corrected chi connectivity index (χ3v) is 3.64. The standard InChI is InChI=1S/C10H20N2/c1-8-5-6-12(7-10(8)11)9-3-2-4-9/h8-10H,2-7,11H2,1H3. The van der Waals surface area contributed by atoms with Gasteiger partial charge in [-0.05, 0) is 31.7 Å². The number of piperidine rings is 1. The van der Waals surface area contributed by atoms with Gasteiger partial charge in [-0.15, -0.1) is 0 Å². The molecule has 0 radical (unpaired) electrons. The second-order valence-electron chi connectivity index (χ2n) is 4.51. The van der Waals surface area contributed by atoms with Crippen LogP contribution in [0.5, 0.6) is 0 Å². The summed E-state index contributed by atoms with van der Waals surface area (Å²) < 4.78 is 0. The van der Waals surface area contributed by atoms with Crippen molar-refractivity contribution in [1.29, 1.82) is 0 Å². The molecule has 2 atom stereocenters. The van der Waals surface area contributed by atoms with Crippen LogP contribution in [-0.2, 0) is 0 Å². The van der Waals surface area contributed by atoms with Crippen molar-refractivity contribution < 1.29 is 0 Å². The maximum absolute atomic E-state index is 6.04. The number of hydrogen-bond donors (Lipinski definition) is 1. The molecule has 0 aromatic rings. The van der Waals surface area contributed by atoms with Gasteiger partial charge in [0, 0.05) is 18.6 Å². The van der Waals surface area contributed by atoms with E-state index in [-0.39, 0.29) is 0 Å². The van der Waals surface area contributed by atoms with Gasteiger partial charge in [0.2, 0.25) is 0 Å². The lowest BCUT2D eigenvalue weighted by Crippen LogP contribution is -2.52. The molecule has 2 nitrogen and oxygen atoms in total. The highest BCUT2D eigenvalue weighted by Crippen LogP contribution is 2.28. The molecule has 2 N–H and O–H groups in total. The topological polar surface area (TPSA) is 29.3 Å². The Morgan fingerprint density at radius 1 is 1.25 bits per heavy atom. The molecular weight excluding hydrogens is 148 g/mol. The zero-order valence-corrected chi connectivity index (χ0v) is 8.00. The van der Waals surface area contributed by atoms with Crippen LogP contribution in [0, 0.1) is 5.92 Å². The van der Waals surface area contributed by atoms with E-state index in [2.05, 4.69) is 11.8 Å². The molecular formula is C10H20N2. The van der Waals surface area contributed by atoms with Gasteiger partial charge >= 0.3 is 0 Å². The second kappa shape index (κ2) is 3.35. The second-order valence-corrected chi connectivity index (χ2v) is 4.51. The van der Waals surface area contributed by atoms with Crippen molar-refractivity contribution in [1.82, 2.24) is 4.90 Å². The molecule has 2 unspecified atom stereocenters. The summed E-state index contributed by atoms with van der Waals surface area (Å²) in [5.41, 5.74) is 6.04. The summed E-state index contributed by atoms with van der Waals surface area (Å²) in [6.45, 7) is 4.72. The molecule has 1 aliphatic carbocycles. The Kier molecular flexibility index (Phi) is 2.37. The lowest BCUT2D eigenvalue weighted by molar-refractivity contribution is 0.0762. The highest BCUT2D eigenvalue weighted by molar-refractivity contribution is 4.87. The third-order valence-electron chi connectivity index (χ3n) is 3.64. The van der Waals surface area contributed by atoms with Gasteiger partial charge in [0.15, 0.2) is 0 Å². The molecule has 1 aliphatic heterocycles. The first-order chi connectivity index (χ1) is 5.77. The van der Waals surface area contributed by atoms with E-state index in [0.29, 0.717) is 6.04 Å². The van der Waals surface area contributed by atoms with Crippen LogP contribution in [0.15, 0.2) is 0 Å². The average molecular weight is 168 g/mol. The number of nitrogens with zero attached hydrogens (tertiary/aromatic N) is 1. The van der Waals surface area contributed by atoms with Gasteiger partial charge < -0.3 is 5.73 Å². The number of rotatable bonds is 1. The van der Waals surface area contributed by atoms with Crippen molar-refractivity contribution in [3.05, 3.63) is 0 Å². The Labute approximate surface area is 75.1 Å². The Bertz CT molecular complexity index is 154. The first-order valence-electron chi connectivity index (χ1n) is 5.27. The van der Waals surface area contributed by atoms with Crippen LogP contribution in [0.3, 0.4) is 0 Å². The van der Waals surface area contributed by atoms with Crippen LogP contribution in [-0.4, -0.2) is 30.1 Å². The summed E-state index contributed by atoms with van der Waals surface area (Å²) in [7, 11) is 0. The highest BCUT2D eigenvalue weighted by Gasteiger charge is 2.30. The van der Waals surface area contributed by atoms with Crippen molar-refractivity contribution in [3.63, 3.8) is 0 Å². The van der Waals surface area contributed by atoms with Gasteiger partial charge in [-0.25, -0.2) is 0 Å². The van der Waals surface area contributed by atoms with E-state index >= 15 is 0 Å². The van der Waals surface area contributed by atoms with Gasteiger partial charge in [-0.1, -0.05) is 13.3 Å². The first kappa shape index (κ1) is 8.52. The van der Waals surface area contributed by atoms with E-state index < -0.39 is 0 Å². The van der Waals surface area contributed by atoms with Crippen molar-refractivity contribution in [2.45, 2.75) is 44.7 Å². The third kappa shape index (κ3) is 1.50. The minimum Gasteiger partial charge on any atom is -0.326 e. The van der Waals surface area contributed by atoms with Gasteiger partial charge in [-0.2, -0.15) is 0 Å². The van der Waals surface area contributed by atoms with E-state index in [4.69, 9.17) is 5.73 Å². The summed E-state index contributed by atoms with van der Waals surface area (Å²) >= 11 is 0. The summed E-state index contributed by atoms with van der Waals surface area (Å²) in [6.07, 6.45) is 5.58. The molecule has 70 valence electrons. The molecule has 1 saturated heterocycles. The van der Waals surface area contributed by atoms with E-state index in [1.807, 2.05) is 0 Å². The molecule has 1 heterocycles. The molecule has 2 aliphatic rings. The van der Waals surface area contributed by atoms with E-state index in [0.717, 1.165) is 18.5 Å². The zero-order chi connectivity index (χ0) is 8.55. The summed E-state index contributed by atoms with van der Waals surface area (Å²) in [5.74, 6) is 0.737. The summed E-state index contributed by atoms with van der Waals surface area (Å²) in [6, 6.07) is 1.32. The molecule has 1 saturated carbocycles. The fourth-order valence-corrected chi connectivity index (χ4v) is 2.21. The van der Waals surface area contributed by atoms with Crippen LogP contribution < -0.4 is 5.73 Å². The lowest BCUT2D eigenvalue weighted by Gasteiger charge is -2.43. The molecule has 0 aromatic carbocycles. The Morgan fingerprint density at radius 2 is 2.00 bits per heavy atom. The monoisotopic (exact) mass is 168 g/mol. The molecule has 12 heavy (non-hydrogen) atoms. The maximum Gasteiger partial charge on any atom is 0.0194 e. The molecule has 0 amide bonds. The fourth-order valence-electron chi connectivity index (χ4n) is 2.21. The minimum absolute atomic E-state index is 0.430. The predicted octanol–water partition coefficient (Wildman–Crippen LogP) is 1.21. The number of nitrogens with two attached hydrogens (primary N) is 1. The average Bonchev–Trinajstić information content (AvgIpc) is 1.93. The molecule has 0 bridgehead atoms. The van der Waals surface area contributed by atoms with Crippen molar-refractivity contribution in [2.24, 2.45) is 11.7 Å². The van der Waals surface area contributed by atoms with Crippen LogP contribution in [0.4, 0.5) is 0 Å². The quantitative estimate of drug-likeness (QED) is 0.637. The van der Waals surface area contributed by atoms with Crippen LogP contribution >= 0.6 is 0 Å². The minimum atomic E-state index is 0.430. The van der Waals surface area contributed by atoms with Crippen molar-refractivity contribution in [2.75, 3.05) is 13.1 Å². The Morgan fingerprint density at radius 3 is 2.50 bits per heavy atom. The van der Waals surface area contributed by atoms with Gasteiger partial charge in [0.1, 0.15) is 0 Å².